The number of methoxy groups -OCH3 is 1. The fourth-order valence-electron chi connectivity index (χ4n) is 0.935. The second kappa shape index (κ2) is 4.11. The number of nitrogens with zero attached hydrogens (tertiary/aromatic N) is 3. The molecule has 14 heavy (non-hydrogen) atoms. The number of ether oxygens (including phenoxy) is 1. The zero-order chi connectivity index (χ0) is 10.6. The van der Waals surface area contributed by atoms with E-state index in [1.807, 2.05) is 0 Å². The molecular weight excluding hydrogens is 182 g/mol. The molecule has 0 saturated heterocycles. The molecule has 0 saturated carbocycles. The SMILES string of the molecule is COC(=C(C#N)C#N)c1cc(C)on1. The summed E-state index contributed by atoms with van der Waals surface area (Å²) in [6.07, 6.45) is 0. The van der Waals surface area contributed by atoms with Crippen LogP contribution in [0.3, 0.4) is 0 Å². The van der Waals surface area contributed by atoms with E-state index >= 15 is 0 Å². The quantitative estimate of drug-likeness (QED) is 0.518. The zero-order valence-electron chi connectivity index (χ0n) is 7.74. The van der Waals surface area contributed by atoms with Gasteiger partial charge in [-0.25, -0.2) is 0 Å². The minimum Gasteiger partial charge on any atom is -0.492 e. The fourth-order valence-corrected chi connectivity index (χ4v) is 0.935. The number of hydrogen-bond acceptors (Lipinski definition) is 5. The van der Waals surface area contributed by atoms with Crippen LogP contribution in [0.5, 0.6) is 0 Å². The summed E-state index contributed by atoms with van der Waals surface area (Å²) in [6.45, 7) is 1.71. The second-order valence-electron chi connectivity index (χ2n) is 2.45. The Kier molecular flexibility index (Phi) is 2.88. The van der Waals surface area contributed by atoms with E-state index in [1.165, 1.54) is 7.11 Å². The van der Waals surface area contributed by atoms with E-state index in [4.69, 9.17) is 19.8 Å². The van der Waals surface area contributed by atoms with Crippen molar-refractivity contribution in [1.29, 1.82) is 10.5 Å². The summed E-state index contributed by atoms with van der Waals surface area (Å²) in [5.74, 6) is 0.719. The summed E-state index contributed by atoms with van der Waals surface area (Å²) in [4.78, 5) is 0. The highest BCUT2D eigenvalue weighted by molar-refractivity contribution is 5.68. The lowest BCUT2D eigenvalue weighted by Gasteiger charge is -1.99. The molecule has 0 radical (unpaired) electrons. The van der Waals surface area contributed by atoms with E-state index in [2.05, 4.69) is 5.16 Å². The molecule has 0 N–H and O–H groups in total. The van der Waals surface area contributed by atoms with Crippen LogP contribution in [0.25, 0.3) is 5.76 Å². The average Bonchev–Trinajstić information content (AvgIpc) is 2.60. The van der Waals surface area contributed by atoms with Gasteiger partial charge in [-0.15, -0.1) is 0 Å². The van der Waals surface area contributed by atoms with Gasteiger partial charge < -0.3 is 9.26 Å². The van der Waals surface area contributed by atoms with Gasteiger partial charge in [0.25, 0.3) is 0 Å². The molecule has 5 nitrogen and oxygen atoms in total. The summed E-state index contributed by atoms with van der Waals surface area (Å²) >= 11 is 0. The topological polar surface area (TPSA) is 82.8 Å². The largest absolute Gasteiger partial charge is 0.492 e. The summed E-state index contributed by atoms with van der Waals surface area (Å²) in [6, 6.07) is 5.04. The molecule has 0 spiro atoms. The van der Waals surface area contributed by atoms with Gasteiger partial charge in [0.05, 0.1) is 7.11 Å². The van der Waals surface area contributed by atoms with Gasteiger partial charge in [-0.2, -0.15) is 10.5 Å². The van der Waals surface area contributed by atoms with Crippen molar-refractivity contribution in [3.8, 4) is 12.1 Å². The Balaban J connectivity index is 3.25. The van der Waals surface area contributed by atoms with Crippen molar-refractivity contribution in [2.45, 2.75) is 6.92 Å². The third-order valence-corrected chi connectivity index (χ3v) is 1.52. The first kappa shape index (κ1) is 9.82. The van der Waals surface area contributed by atoms with Crippen molar-refractivity contribution in [2.24, 2.45) is 0 Å². The normalized spacial score (nSPS) is 8.57. The minimum atomic E-state index is -0.124. The number of hydrogen-bond donors (Lipinski definition) is 0. The zero-order valence-corrected chi connectivity index (χ0v) is 7.74. The molecule has 1 aromatic rings. The highest BCUT2D eigenvalue weighted by Crippen LogP contribution is 2.18. The standard InChI is InChI=1S/C9H7N3O2/c1-6-3-8(12-14-6)9(13-2)7(4-10)5-11/h3H,1-2H3. The smallest absolute Gasteiger partial charge is 0.176 e. The molecule has 0 aliphatic carbocycles. The van der Waals surface area contributed by atoms with Crippen molar-refractivity contribution in [1.82, 2.24) is 5.16 Å². The molecule has 1 aromatic heterocycles. The van der Waals surface area contributed by atoms with E-state index in [9.17, 15) is 0 Å². The first-order valence-corrected chi connectivity index (χ1v) is 3.75. The van der Waals surface area contributed by atoms with Crippen molar-refractivity contribution >= 4 is 5.76 Å². The molecule has 0 bridgehead atoms. The van der Waals surface area contributed by atoms with Crippen molar-refractivity contribution in [3.05, 3.63) is 23.1 Å². The summed E-state index contributed by atoms with van der Waals surface area (Å²) < 4.78 is 9.71. The van der Waals surface area contributed by atoms with Crippen LogP contribution in [-0.2, 0) is 4.74 Å². The van der Waals surface area contributed by atoms with Crippen molar-refractivity contribution in [3.63, 3.8) is 0 Å². The molecule has 0 atom stereocenters. The molecule has 70 valence electrons. The van der Waals surface area contributed by atoms with Crippen LogP contribution in [0.4, 0.5) is 0 Å². The van der Waals surface area contributed by atoms with Crippen LogP contribution >= 0.6 is 0 Å². The first-order chi connectivity index (χ1) is 6.72. The van der Waals surface area contributed by atoms with Gasteiger partial charge in [0.1, 0.15) is 17.9 Å². The van der Waals surface area contributed by atoms with E-state index < -0.39 is 0 Å². The second-order valence-corrected chi connectivity index (χ2v) is 2.45. The summed E-state index contributed by atoms with van der Waals surface area (Å²) in [5.41, 5.74) is 0.226. The first-order valence-electron chi connectivity index (χ1n) is 3.75. The van der Waals surface area contributed by atoms with Crippen LogP contribution in [0.2, 0.25) is 0 Å². The summed E-state index contributed by atoms with van der Waals surface area (Å²) in [7, 11) is 1.37. The van der Waals surface area contributed by atoms with Gasteiger partial charge in [0.2, 0.25) is 0 Å². The van der Waals surface area contributed by atoms with E-state index in [1.54, 1.807) is 25.1 Å². The van der Waals surface area contributed by atoms with Gasteiger partial charge in [-0.05, 0) is 6.92 Å². The molecule has 0 aromatic carbocycles. The predicted octanol–water partition coefficient (Wildman–Crippen LogP) is 1.39. The van der Waals surface area contributed by atoms with Crippen LogP contribution in [0.15, 0.2) is 16.2 Å². The lowest BCUT2D eigenvalue weighted by atomic mass is 10.2. The molecule has 0 amide bonds. The number of nitriles is 2. The Labute approximate surface area is 80.8 Å². The average molecular weight is 189 g/mol. The van der Waals surface area contributed by atoms with E-state index in [-0.39, 0.29) is 11.3 Å². The van der Waals surface area contributed by atoms with E-state index in [0.29, 0.717) is 11.5 Å². The number of aryl methyl sites for hydroxylation is 1. The van der Waals surface area contributed by atoms with Crippen LogP contribution in [0.1, 0.15) is 11.5 Å². The minimum absolute atomic E-state index is 0.124. The van der Waals surface area contributed by atoms with Crippen LogP contribution in [0, 0.1) is 29.6 Å². The molecular formula is C9H7N3O2. The molecule has 5 heteroatoms. The lowest BCUT2D eigenvalue weighted by molar-refractivity contribution is 0.353. The molecule has 0 unspecified atom stereocenters. The fraction of sp³-hybridized carbons (Fsp3) is 0.222. The molecule has 1 rings (SSSR count). The Morgan fingerprint density at radius 1 is 1.50 bits per heavy atom. The maximum absolute atomic E-state index is 8.63. The van der Waals surface area contributed by atoms with Gasteiger partial charge in [0.15, 0.2) is 17.0 Å². The Morgan fingerprint density at radius 2 is 2.14 bits per heavy atom. The van der Waals surface area contributed by atoms with Crippen molar-refractivity contribution < 1.29 is 9.26 Å². The Morgan fingerprint density at radius 3 is 2.50 bits per heavy atom. The third kappa shape index (κ3) is 1.73. The van der Waals surface area contributed by atoms with E-state index in [0.717, 1.165) is 0 Å². The maximum atomic E-state index is 8.63. The third-order valence-electron chi connectivity index (χ3n) is 1.52. The molecule has 0 aliphatic heterocycles. The van der Waals surface area contributed by atoms with Gasteiger partial charge in [0, 0.05) is 6.07 Å². The van der Waals surface area contributed by atoms with Gasteiger partial charge in [-0.1, -0.05) is 5.16 Å². The number of rotatable bonds is 2. The lowest BCUT2D eigenvalue weighted by Crippen LogP contribution is -1.91. The predicted molar refractivity (Wildman–Crippen MR) is 46.4 cm³/mol. The summed E-state index contributed by atoms with van der Waals surface area (Å²) in [5, 5.41) is 20.9. The Hall–Kier alpha value is -2.27. The Bertz CT molecular complexity index is 429. The monoisotopic (exact) mass is 189 g/mol. The highest BCUT2D eigenvalue weighted by atomic mass is 16.5. The van der Waals surface area contributed by atoms with Crippen molar-refractivity contribution in [2.75, 3.05) is 7.11 Å². The molecule has 0 fully saturated rings. The van der Waals surface area contributed by atoms with Gasteiger partial charge >= 0.3 is 0 Å². The number of aromatic nitrogens is 1. The number of allylic oxidation sites excluding steroid dienone is 1. The molecule has 1 heterocycles. The van der Waals surface area contributed by atoms with Gasteiger partial charge in [-0.3, -0.25) is 0 Å². The maximum Gasteiger partial charge on any atom is 0.176 e. The highest BCUT2D eigenvalue weighted by Gasteiger charge is 2.13. The van der Waals surface area contributed by atoms with Crippen LogP contribution in [-0.4, -0.2) is 12.3 Å². The van der Waals surface area contributed by atoms with Crippen LogP contribution < -0.4 is 0 Å². The molecule has 0 aliphatic rings.